The molecule has 2 aliphatic heterocycles. The van der Waals surface area contributed by atoms with E-state index in [1.807, 2.05) is 20.8 Å². The minimum absolute atomic E-state index is 0.135. The summed E-state index contributed by atoms with van der Waals surface area (Å²) in [6.45, 7) is 9.23. The minimum atomic E-state index is -0.849. The zero-order valence-electron chi connectivity index (χ0n) is 28.6. The van der Waals surface area contributed by atoms with Gasteiger partial charge in [0.1, 0.15) is 12.2 Å². The van der Waals surface area contributed by atoms with Crippen molar-refractivity contribution in [2.45, 2.75) is 154 Å². The zero-order chi connectivity index (χ0) is 33.3. The van der Waals surface area contributed by atoms with Crippen LogP contribution in [-0.4, -0.2) is 81.0 Å². The van der Waals surface area contributed by atoms with Gasteiger partial charge in [0, 0.05) is 18.0 Å². The van der Waals surface area contributed by atoms with Gasteiger partial charge in [-0.3, -0.25) is 29.0 Å². The lowest BCUT2D eigenvalue weighted by Gasteiger charge is -2.34. The van der Waals surface area contributed by atoms with E-state index in [1.165, 1.54) is 29.1 Å². The molecule has 5 rings (SSSR count). The van der Waals surface area contributed by atoms with Crippen LogP contribution in [0.15, 0.2) is 0 Å². The highest BCUT2D eigenvalue weighted by atomic mass is 16.6. The molecular formula is C36H56N2O8. The third-order valence-electron chi connectivity index (χ3n) is 11.6. The molecule has 2 saturated heterocycles. The Hall–Kier alpha value is -2.33. The first kappa shape index (κ1) is 35.0. The van der Waals surface area contributed by atoms with Crippen LogP contribution in [0.4, 0.5) is 0 Å². The summed E-state index contributed by atoms with van der Waals surface area (Å²) in [7, 11) is 0. The molecule has 5 atom stereocenters. The first-order valence-electron chi connectivity index (χ1n) is 18.0. The van der Waals surface area contributed by atoms with Crippen molar-refractivity contribution in [2.24, 2.45) is 35.5 Å². The maximum atomic E-state index is 14.4. The van der Waals surface area contributed by atoms with Crippen molar-refractivity contribution in [1.82, 2.24) is 9.80 Å². The number of aliphatic hydroxyl groups is 1. The van der Waals surface area contributed by atoms with E-state index in [0.717, 1.165) is 12.8 Å². The molecule has 0 radical (unpaired) electrons. The SMILES string of the molecule is CC(CC1C(=O)N(C2CCC(OCC(=O)OC(C)(C)C)CC2)C(=O)C1C1C(=O)N(C2CCC(O)CC2)C(=O)C1C)C1CCCCC1. The van der Waals surface area contributed by atoms with Crippen LogP contribution in [0.3, 0.4) is 0 Å². The number of esters is 1. The highest BCUT2D eigenvalue weighted by molar-refractivity contribution is 6.12. The second kappa shape index (κ2) is 14.4. The molecule has 5 fully saturated rings. The number of likely N-dealkylation sites (tertiary alicyclic amines) is 2. The summed E-state index contributed by atoms with van der Waals surface area (Å²) in [4.78, 5) is 71.5. The van der Waals surface area contributed by atoms with Gasteiger partial charge in [0.25, 0.3) is 0 Å². The molecule has 258 valence electrons. The number of ether oxygens (including phenoxy) is 2. The highest BCUT2D eigenvalue weighted by Gasteiger charge is 2.61. The average molecular weight is 645 g/mol. The highest BCUT2D eigenvalue weighted by Crippen LogP contribution is 2.47. The van der Waals surface area contributed by atoms with Crippen molar-refractivity contribution in [1.29, 1.82) is 0 Å². The molecule has 2 heterocycles. The number of carbonyl (C=O) groups excluding carboxylic acids is 5. The molecule has 0 aromatic rings. The Morgan fingerprint density at radius 3 is 1.91 bits per heavy atom. The van der Waals surface area contributed by atoms with Gasteiger partial charge in [-0.2, -0.15) is 0 Å². The molecule has 0 spiro atoms. The van der Waals surface area contributed by atoms with Gasteiger partial charge in [-0.15, -0.1) is 0 Å². The Morgan fingerprint density at radius 1 is 0.783 bits per heavy atom. The predicted molar refractivity (Wildman–Crippen MR) is 170 cm³/mol. The average Bonchev–Trinajstić information content (AvgIpc) is 3.38. The number of aliphatic hydroxyl groups excluding tert-OH is 1. The fraction of sp³-hybridized carbons (Fsp3) is 0.861. The number of nitrogens with zero attached hydrogens (tertiary/aromatic N) is 2. The second-order valence-corrected chi connectivity index (χ2v) is 15.9. The number of amides is 4. The van der Waals surface area contributed by atoms with Crippen molar-refractivity contribution >= 4 is 29.6 Å². The topological polar surface area (TPSA) is 131 Å². The molecule has 3 saturated carbocycles. The van der Waals surface area contributed by atoms with Crippen LogP contribution >= 0.6 is 0 Å². The first-order valence-corrected chi connectivity index (χ1v) is 18.0. The van der Waals surface area contributed by atoms with E-state index in [9.17, 15) is 29.1 Å². The fourth-order valence-corrected chi connectivity index (χ4v) is 9.10. The number of imide groups is 2. The lowest BCUT2D eigenvalue weighted by Crippen LogP contribution is -2.45. The summed E-state index contributed by atoms with van der Waals surface area (Å²) in [6, 6.07) is -0.563. The van der Waals surface area contributed by atoms with E-state index in [1.54, 1.807) is 6.92 Å². The third kappa shape index (κ3) is 7.53. The van der Waals surface area contributed by atoms with Gasteiger partial charge in [-0.05, 0) is 90.4 Å². The van der Waals surface area contributed by atoms with E-state index in [2.05, 4.69) is 6.92 Å². The van der Waals surface area contributed by atoms with Gasteiger partial charge >= 0.3 is 5.97 Å². The van der Waals surface area contributed by atoms with Crippen LogP contribution in [0.1, 0.15) is 125 Å². The largest absolute Gasteiger partial charge is 0.458 e. The van der Waals surface area contributed by atoms with Crippen molar-refractivity contribution in [3.05, 3.63) is 0 Å². The van der Waals surface area contributed by atoms with Crippen LogP contribution in [0.5, 0.6) is 0 Å². The van der Waals surface area contributed by atoms with Gasteiger partial charge in [-0.25, -0.2) is 4.79 Å². The Kier molecular flexibility index (Phi) is 11.0. The first-order chi connectivity index (χ1) is 21.8. The lowest BCUT2D eigenvalue weighted by molar-refractivity contribution is -0.163. The number of hydrogen-bond acceptors (Lipinski definition) is 8. The summed E-state index contributed by atoms with van der Waals surface area (Å²) in [5.41, 5.74) is -0.588. The molecule has 1 N–H and O–H groups in total. The molecule has 0 aromatic heterocycles. The molecule has 3 aliphatic carbocycles. The van der Waals surface area contributed by atoms with E-state index < -0.39 is 41.3 Å². The molecule has 5 aliphatic rings. The standard InChI is InChI=1S/C36H56N2O8/c1-21(23-9-7-6-8-10-23)19-28-31(30-22(2)32(41)37(34(30)43)24-11-15-26(39)16-12-24)35(44)38(33(28)42)25-13-17-27(18-14-25)45-20-29(40)46-36(3,4)5/h21-28,30-31,39H,6-20H2,1-5H3. The maximum Gasteiger partial charge on any atom is 0.332 e. The van der Waals surface area contributed by atoms with Crippen molar-refractivity contribution in [3.63, 3.8) is 0 Å². The normalized spacial score (nSPS) is 35.6. The van der Waals surface area contributed by atoms with E-state index in [0.29, 0.717) is 63.7 Å². The number of rotatable bonds is 9. The van der Waals surface area contributed by atoms with Crippen LogP contribution < -0.4 is 0 Å². The van der Waals surface area contributed by atoms with Gasteiger partial charge < -0.3 is 14.6 Å². The van der Waals surface area contributed by atoms with Gasteiger partial charge in [0.05, 0.1) is 30.0 Å². The third-order valence-corrected chi connectivity index (χ3v) is 11.6. The molecule has 0 aromatic carbocycles. The van der Waals surface area contributed by atoms with Gasteiger partial charge in [0.15, 0.2) is 0 Å². The summed E-state index contributed by atoms with van der Waals surface area (Å²) < 4.78 is 11.2. The fourth-order valence-electron chi connectivity index (χ4n) is 9.10. The molecule has 10 heteroatoms. The molecule has 46 heavy (non-hydrogen) atoms. The zero-order valence-corrected chi connectivity index (χ0v) is 28.6. The predicted octanol–water partition coefficient (Wildman–Crippen LogP) is 4.79. The van der Waals surface area contributed by atoms with Crippen LogP contribution in [0.2, 0.25) is 0 Å². The van der Waals surface area contributed by atoms with Crippen LogP contribution in [0.25, 0.3) is 0 Å². The van der Waals surface area contributed by atoms with E-state index >= 15 is 0 Å². The molecular weight excluding hydrogens is 588 g/mol. The summed E-state index contributed by atoms with van der Waals surface area (Å²) in [5.74, 6) is -3.74. The van der Waals surface area contributed by atoms with Gasteiger partial charge in [-0.1, -0.05) is 46.0 Å². The monoisotopic (exact) mass is 644 g/mol. The van der Waals surface area contributed by atoms with Gasteiger partial charge in [0.2, 0.25) is 23.6 Å². The molecule has 5 unspecified atom stereocenters. The minimum Gasteiger partial charge on any atom is -0.458 e. The molecule has 4 amide bonds. The second-order valence-electron chi connectivity index (χ2n) is 15.9. The summed E-state index contributed by atoms with van der Waals surface area (Å²) in [5, 5.41) is 10.0. The quantitative estimate of drug-likeness (QED) is 0.280. The van der Waals surface area contributed by atoms with E-state index in [4.69, 9.17) is 9.47 Å². The molecule has 0 bridgehead atoms. The Balaban J connectivity index is 1.32. The summed E-state index contributed by atoms with van der Waals surface area (Å²) >= 11 is 0. The van der Waals surface area contributed by atoms with E-state index in [-0.39, 0.29) is 54.3 Å². The Bertz CT molecular complexity index is 1140. The lowest BCUT2D eigenvalue weighted by atomic mass is 9.71. The Labute approximate surface area is 274 Å². The van der Waals surface area contributed by atoms with Crippen LogP contribution in [0, 0.1) is 35.5 Å². The Morgan fingerprint density at radius 2 is 1.33 bits per heavy atom. The number of hydrogen-bond donors (Lipinski definition) is 1. The number of carbonyl (C=O) groups is 5. The summed E-state index contributed by atoms with van der Waals surface area (Å²) in [6.07, 6.45) is 10.4. The van der Waals surface area contributed by atoms with Crippen molar-refractivity contribution < 1.29 is 38.6 Å². The van der Waals surface area contributed by atoms with Crippen LogP contribution in [-0.2, 0) is 33.4 Å². The smallest absolute Gasteiger partial charge is 0.332 e. The van der Waals surface area contributed by atoms with Crippen molar-refractivity contribution in [3.8, 4) is 0 Å². The maximum absolute atomic E-state index is 14.4. The molecule has 10 nitrogen and oxygen atoms in total. The van der Waals surface area contributed by atoms with Crippen molar-refractivity contribution in [2.75, 3.05) is 6.61 Å².